The number of oxazole rings is 1. The molecule has 1 aromatic heterocycles. The van der Waals surface area contributed by atoms with Gasteiger partial charge in [-0.15, -0.1) is 0 Å². The summed E-state index contributed by atoms with van der Waals surface area (Å²) in [5.74, 6) is 1.99. The molecule has 0 spiro atoms. The molecule has 182 valence electrons. The second-order valence-corrected chi connectivity index (χ2v) is 11.0. The molecule has 8 nitrogen and oxygen atoms in total. The van der Waals surface area contributed by atoms with E-state index in [9.17, 15) is 5.11 Å². The van der Waals surface area contributed by atoms with E-state index in [0.717, 1.165) is 24.2 Å². The summed E-state index contributed by atoms with van der Waals surface area (Å²) in [4.78, 5) is 7.08. The first-order chi connectivity index (χ1) is 16.8. The Balaban J connectivity index is 1.54. The van der Waals surface area contributed by atoms with Crippen molar-refractivity contribution in [1.29, 1.82) is 0 Å². The molecule has 1 atom stereocenters. The minimum absolute atomic E-state index is 0.444. The average Bonchev–Trinajstić information content (AvgIpc) is 3.44. The predicted molar refractivity (Wildman–Crippen MR) is 132 cm³/mol. The number of aromatic nitrogens is 1. The van der Waals surface area contributed by atoms with Gasteiger partial charge in [-0.25, -0.2) is 0 Å². The van der Waals surface area contributed by atoms with Crippen LogP contribution in [0.5, 0.6) is 5.75 Å². The number of methoxy groups -OCH3 is 1. The topological polar surface area (TPSA) is 83.0 Å². The minimum atomic E-state index is -0.860. The van der Waals surface area contributed by atoms with Crippen LogP contribution in [0.1, 0.15) is 30.5 Å². The van der Waals surface area contributed by atoms with Crippen molar-refractivity contribution in [1.82, 2.24) is 9.88 Å². The monoisotopic (exact) mass is 578 g/mol. The van der Waals surface area contributed by atoms with Gasteiger partial charge in [0, 0.05) is 0 Å². The van der Waals surface area contributed by atoms with Crippen molar-refractivity contribution >= 4 is 26.5 Å². The quantitative estimate of drug-likeness (QED) is 0.206. The fourth-order valence-corrected chi connectivity index (χ4v) is 5.47. The molecule has 1 unspecified atom stereocenters. The molecular formula is C26H32CdN4O4. The van der Waals surface area contributed by atoms with Crippen molar-refractivity contribution in [2.24, 2.45) is 0 Å². The molecule has 0 saturated heterocycles. The second kappa shape index (κ2) is 11.7. The molecule has 3 aromatic rings. The summed E-state index contributed by atoms with van der Waals surface area (Å²) in [6.45, 7) is 9.74. The molecule has 0 saturated carbocycles. The van der Waals surface area contributed by atoms with Gasteiger partial charge in [-0.05, 0) is 0 Å². The number of rotatable bonds is 11. The van der Waals surface area contributed by atoms with Crippen LogP contribution in [-0.2, 0) is 36.6 Å². The summed E-state index contributed by atoms with van der Waals surface area (Å²) in [6.07, 6.45) is 1.04. The average molecular weight is 577 g/mol. The number of anilines is 1. The first-order valence-electron chi connectivity index (χ1n) is 11.7. The molecule has 9 heteroatoms. The van der Waals surface area contributed by atoms with E-state index in [-0.39, 0.29) is 0 Å². The summed E-state index contributed by atoms with van der Waals surface area (Å²) in [5, 5.41) is 13.3. The van der Waals surface area contributed by atoms with Gasteiger partial charge in [-0.3, -0.25) is 0 Å². The van der Waals surface area contributed by atoms with Crippen LogP contribution in [0, 0.1) is 12.8 Å². The molecular weight excluding hydrogens is 545 g/mol. The van der Waals surface area contributed by atoms with Gasteiger partial charge < -0.3 is 0 Å². The molecule has 0 amide bonds. The van der Waals surface area contributed by atoms with Gasteiger partial charge in [0.2, 0.25) is 0 Å². The number of hydrogen-bond acceptors (Lipinski definition) is 7. The van der Waals surface area contributed by atoms with Crippen molar-refractivity contribution in [2.75, 3.05) is 38.7 Å². The number of benzene rings is 2. The number of fused-ring (bicyclic) bond motifs is 1. The van der Waals surface area contributed by atoms with Crippen molar-refractivity contribution in [3.63, 3.8) is 0 Å². The first kappa shape index (κ1) is 25.9. The SMILES string of the molecule is COc1cc([C](=[Cd])N(CC[N+]2=CCOC2O)C[C-](C)C)cc2nc(NCc3cccc(C)c3)oc12. The number of nitrogens with one attached hydrogen (secondary N) is 1. The van der Waals surface area contributed by atoms with Crippen LogP contribution in [0.2, 0.25) is 0 Å². The maximum absolute atomic E-state index is 9.97. The third-order valence-corrected chi connectivity index (χ3v) is 8.33. The van der Waals surface area contributed by atoms with Crippen LogP contribution in [-0.4, -0.2) is 68.7 Å². The van der Waals surface area contributed by atoms with Gasteiger partial charge in [0.25, 0.3) is 0 Å². The molecule has 1 aliphatic rings. The number of nitrogens with zero attached hydrogens (tertiary/aromatic N) is 3. The Morgan fingerprint density at radius 3 is 2.86 bits per heavy atom. The first-order valence-corrected chi connectivity index (χ1v) is 13.8. The van der Waals surface area contributed by atoms with Crippen molar-refractivity contribution in [2.45, 2.75) is 33.7 Å². The van der Waals surface area contributed by atoms with Crippen LogP contribution >= 0.6 is 0 Å². The molecule has 0 radical (unpaired) electrons. The number of ether oxygens (including phenoxy) is 2. The zero-order valence-corrected chi connectivity index (χ0v) is 24.9. The third kappa shape index (κ3) is 6.55. The van der Waals surface area contributed by atoms with E-state index >= 15 is 0 Å². The Morgan fingerprint density at radius 1 is 1.34 bits per heavy atom. The van der Waals surface area contributed by atoms with Gasteiger partial charge in [0.15, 0.2) is 0 Å². The van der Waals surface area contributed by atoms with Gasteiger partial charge in [0.05, 0.1) is 0 Å². The molecule has 2 heterocycles. The van der Waals surface area contributed by atoms with Gasteiger partial charge in [-0.1, -0.05) is 0 Å². The molecule has 4 rings (SSSR count). The van der Waals surface area contributed by atoms with Crippen LogP contribution < -0.4 is 10.1 Å². The van der Waals surface area contributed by atoms with Crippen LogP contribution in [0.25, 0.3) is 11.1 Å². The van der Waals surface area contributed by atoms with E-state index in [0.29, 0.717) is 62.3 Å². The molecule has 0 bridgehead atoms. The molecule has 1 aliphatic heterocycles. The van der Waals surface area contributed by atoms with E-state index in [2.05, 4.69) is 55.3 Å². The van der Waals surface area contributed by atoms with E-state index < -0.39 is 6.41 Å². The summed E-state index contributed by atoms with van der Waals surface area (Å²) < 4.78 is 20.0. The maximum atomic E-state index is 9.97. The number of aliphatic hydroxyl groups excluding tert-OH is 1. The Morgan fingerprint density at radius 2 is 2.17 bits per heavy atom. The zero-order chi connectivity index (χ0) is 24.9. The third-order valence-electron chi connectivity index (χ3n) is 5.89. The van der Waals surface area contributed by atoms with Crippen molar-refractivity contribution < 1.29 is 48.9 Å². The molecule has 2 aromatic carbocycles. The Labute approximate surface area is 221 Å². The molecule has 0 aliphatic carbocycles. The Kier molecular flexibility index (Phi) is 8.69. The van der Waals surface area contributed by atoms with E-state index in [1.54, 1.807) is 7.11 Å². The predicted octanol–water partition coefficient (Wildman–Crippen LogP) is 3.09. The van der Waals surface area contributed by atoms with Gasteiger partial charge >= 0.3 is 222 Å². The zero-order valence-electron chi connectivity index (χ0n) is 20.9. The summed E-state index contributed by atoms with van der Waals surface area (Å²) in [7, 11) is 1.66. The molecule has 0 fully saturated rings. The number of aryl methyl sites for hydroxylation is 1. The Bertz CT molecular complexity index is 1220. The summed E-state index contributed by atoms with van der Waals surface area (Å²) in [5.41, 5.74) is 4.88. The van der Waals surface area contributed by atoms with Gasteiger partial charge in [0.1, 0.15) is 0 Å². The Hall–Kier alpha value is -2.15. The number of aliphatic hydroxyl groups is 1. The second-order valence-electron chi connectivity index (χ2n) is 9.04. The van der Waals surface area contributed by atoms with Gasteiger partial charge in [-0.2, -0.15) is 0 Å². The van der Waals surface area contributed by atoms with E-state index in [1.165, 1.54) is 20.2 Å². The van der Waals surface area contributed by atoms with Crippen LogP contribution in [0.15, 0.2) is 40.8 Å². The van der Waals surface area contributed by atoms with E-state index in [4.69, 9.17) is 18.9 Å². The standard InChI is InChI=1S/C26H32N4O4.Cd/c1-18(2)16-29(8-9-30-10-11-33-26(30)31)17-21-13-22-24(23(14-21)32-4)34-25(28-22)27-15-20-7-5-6-19(3)12-20;/h5-7,10,12-14,26,31H,8-9,11,15-16H2,1-4H3,(H,27,28);. The van der Waals surface area contributed by atoms with Crippen LogP contribution in [0.4, 0.5) is 6.01 Å². The molecule has 2 N–H and O–H groups in total. The van der Waals surface area contributed by atoms with E-state index in [1.807, 2.05) is 22.9 Å². The van der Waals surface area contributed by atoms with Crippen molar-refractivity contribution in [3.05, 3.63) is 59.0 Å². The fourth-order valence-electron chi connectivity index (χ4n) is 4.12. The van der Waals surface area contributed by atoms with Crippen molar-refractivity contribution in [3.8, 4) is 5.75 Å². The number of hydrogen-bond donors (Lipinski definition) is 2. The fraction of sp³-hybridized carbons (Fsp3) is 0.385. The van der Waals surface area contributed by atoms with Crippen LogP contribution in [0.3, 0.4) is 0 Å². The summed E-state index contributed by atoms with van der Waals surface area (Å²) in [6, 6.07) is 12.9. The molecule has 35 heavy (non-hydrogen) atoms. The normalized spacial score (nSPS) is 15.8. The summed E-state index contributed by atoms with van der Waals surface area (Å²) >= 11 is 0.549.